The molecule has 6 nitrogen and oxygen atoms in total. The van der Waals surface area contributed by atoms with Gasteiger partial charge in [0.25, 0.3) is 5.91 Å². The van der Waals surface area contributed by atoms with Crippen molar-refractivity contribution in [2.24, 2.45) is 5.92 Å². The minimum Gasteiger partial charge on any atom is -0.481 e. The van der Waals surface area contributed by atoms with E-state index in [1.165, 1.54) is 6.42 Å². The molecule has 142 valence electrons. The predicted octanol–water partition coefficient (Wildman–Crippen LogP) is 2.67. The highest BCUT2D eigenvalue weighted by molar-refractivity contribution is 7.80. The quantitative estimate of drug-likeness (QED) is 0.555. The number of hydrazine groups is 1. The van der Waals surface area contributed by atoms with Crippen LogP contribution in [0.3, 0.4) is 0 Å². The van der Waals surface area contributed by atoms with Crippen molar-refractivity contribution < 1.29 is 14.3 Å². The average Bonchev–Trinajstić information content (AvgIpc) is 2.63. The van der Waals surface area contributed by atoms with Gasteiger partial charge in [-0.2, -0.15) is 0 Å². The SMILES string of the molecule is Cc1ccc(OC(C)C(=O)NNC(=S)NC(=O)C2CCCCC2)cc1C. The molecule has 2 rings (SSSR count). The summed E-state index contributed by atoms with van der Waals surface area (Å²) < 4.78 is 5.64. The van der Waals surface area contributed by atoms with Gasteiger partial charge in [-0.15, -0.1) is 0 Å². The number of nitrogens with one attached hydrogen (secondary N) is 3. The Balaban J connectivity index is 1.74. The number of rotatable bonds is 4. The van der Waals surface area contributed by atoms with Crippen LogP contribution in [-0.4, -0.2) is 23.0 Å². The Morgan fingerprint density at radius 3 is 2.46 bits per heavy atom. The van der Waals surface area contributed by atoms with E-state index in [1.54, 1.807) is 6.92 Å². The summed E-state index contributed by atoms with van der Waals surface area (Å²) >= 11 is 5.07. The zero-order valence-electron chi connectivity index (χ0n) is 15.6. The van der Waals surface area contributed by atoms with Gasteiger partial charge in [0, 0.05) is 5.92 Å². The third-order valence-corrected chi connectivity index (χ3v) is 4.88. The predicted molar refractivity (Wildman–Crippen MR) is 105 cm³/mol. The summed E-state index contributed by atoms with van der Waals surface area (Å²) in [6.45, 7) is 5.65. The molecule has 1 fully saturated rings. The van der Waals surface area contributed by atoms with Crippen LogP contribution in [0.25, 0.3) is 0 Å². The number of carbonyl (C=O) groups is 2. The Morgan fingerprint density at radius 2 is 1.81 bits per heavy atom. The van der Waals surface area contributed by atoms with Crippen molar-refractivity contribution in [3.8, 4) is 5.75 Å². The highest BCUT2D eigenvalue weighted by Gasteiger charge is 2.22. The van der Waals surface area contributed by atoms with Gasteiger partial charge in [-0.1, -0.05) is 25.3 Å². The third kappa shape index (κ3) is 5.98. The molecule has 0 spiro atoms. The number of benzene rings is 1. The summed E-state index contributed by atoms with van der Waals surface area (Å²) in [4.78, 5) is 24.2. The highest BCUT2D eigenvalue weighted by atomic mass is 32.1. The normalized spacial score (nSPS) is 15.7. The largest absolute Gasteiger partial charge is 0.481 e. The molecule has 0 heterocycles. The van der Waals surface area contributed by atoms with E-state index in [0.29, 0.717) is 5.75 Å². The van der Waals surface area contributed by atoms with Crippen LogP contribution in [-0.2, 0) is 9.59 Å². The van der Waals surface area contributed by atoms with Gasteiger partial charge < -0.3 is 10.1 Å². The molecular formula is C19H27N3O3S. The van der Waals surface area contributed by atoms with E-state index < -0.39 is 6.10 Å². The van der Waals surface area contributed by atoms with Gasteiger partial charge in [0.15, 0.2) is 11.2 Å². The Hall–Kier alpha value is -2.15. The molecule has 0 aromatic heterocycles. The number of hydrogen-bond donors (Lipinski definition) is 3. The van der Waals surface area contributed by atoms with Gasteiger partial charge in [-0.25, -0.2) is 0 Å². The van der Waals surface area contributed by atoms with Crippen molar-refractivity contribution in [1.29, 1.82) is 0 Å². The van der Waals surface area contributed by atoms with Crippen LogP contribution in [0.1, 0.15) is 50.2 Å². The number of thiocarbonyl (C=S) groups is 1. The minimum absolute atomic E-state index is 0.00577. The van der Waals surface area contributed by atoms with E-state index in [9.17, 15) is 9.59 Å². The van der Waals surface area contributed by atoms with Crippen LogP contribution >= 0.6 is 12.2 Å². The zero-order chi connectivity index (χ0) is 19.1. The molecule has 1 aliphatic rings. The van der Waals surface area contributed by atoms with Crippen LogP contribution in [0.2, 0.25) is 0 Å². The molecule has 1 aromatic rings. The minimum atomic E-state index is -0.707. The molecule has 1 unspecified atom stereocenters. The molecule has 2 amide bonds. The van der Waals surface area contributed by atoms with E-state index in [0.717, 1.165) is 36.8 Å². The Morgan fingerprint density at radius 1 is 1.12 bits per heavy atom. The molecule has 0 saturated heterocycles. The van der Waals surface area contributed by atoms with E-state index in [1.807, 2.05) is 32.0 Å². The smallest absolute Gasteiger partial charge is 0.279 e. The fourth-order valence-electron chi connectivity index (χ4n) is 2.87. The summed E-state index contributed by atoms with van der Waals surface area (Å²) in [6, 6.07) is 5.67. The molecule has 1 aliphatic carbocycles. The van der Waals surface area contributed by atoms with Crippen molar-refractivity contribution in [2.75, 3.05) is 0 Å². The molecule has 1 saturated carbocycles. The maximum Gasteiger partial charge on any atom is 0.279 e. The number of hydrogen-bond acceptors (Lipinski definition) is 4. The second-order valence-corrected chi connectivity index (χ2v) is 7.18. The number of amides is 2. The second kappa shape index (κ2) is 9.52. The zero-order valence-corrected chi connectivity index (χ0v) is 16.4. The first kappa shape index (κ1) is 20.2. The van der Waals surface area contributed by atoms with Gasteiger partial charge >= 0.3 is 0 Å². The van der Waals surface area contributed by atoms with Gasteiger partial charge in [0.1, 0.15) is 5.75 Å². The molecule has 26 heavy (non-hydrogen) atoms. The van der Waals surface area contributed by atoms with Crippen LogP contribution in [0.4, 0.5) is 0 Å². The Labute approximate surface area is 160 Å². The van der Waals surface area contributed by atoms with Crippen LogP contribution in [0.5, 0.6) is 5.75 Å². The summed E-state index contributed by atoms with van der Waals surface area (Å²) in [7, 11) is 0. The van der Waals surface area contributed by atoms with Gasteiger partial charge in [-0.05, 0) is 69.1 Å². The molecule has 1 aromatic carbocycles. The monoisotopic (exact) mass is 377 g/mol. The molecule has 0 aliphatic heterocycles. The van der Waals surface area contributed by atoms with E-state index in [4.69, 9.17) is 17.0 Å². The molecule has 7 heteroatoms. The van der Waals surface area contributed by atoms with Crippen molar-refractivity contribution >= 4 is 29.1 Å². The highest BCUT2D eigenvalue weighted by Crippen LogP contribution is 2.23. The van der Waals surface area contributed by atoms with Crippen molar-refractivity contribution in [1.82, 2.24) is 16.2 Å². The maximum atomic E-state index is 12.1. The molecule has 3 N–H and O–H groups in total. The standard InChI is InChI=1S/C19H27N3O3S/c1-12-9-10-16(11-13(12)2)25-14(3)17(23)21-22-19(26)20-18(24)15-7-5-4-6-8-15/h9-11,14-15H,4-8H2,1-3H3,(H,21,23)(H2,20,22,24,26). The topological polar surface area (TPSA) is 79.5 Å². The van der Waals surface area contributed by atoms with Gasteiger partial charge in [0.05, 0.1) is 0 Å². The molecule has 0 radical (unpaired) electrons. The van der Waals surface area contributed by atoms with Crippen molar-refractivity contribution in [2.45, 2.75) is 59.0 Å². The van der Waals surface area contributed by atoms with Crippen LogP contribution in [0, 0.1) is 19.8 Å². The third-order valence-electron chi connectivity index (χ3n) is 4.67. The fourth-order valence-corrected chi connectivity index (χ4v) is 3.03. The fraction of sp³-hybridized carbons (Fsp3) is 0.526. The Kier molecular flexibility index (Phi) is 7.38. The molecule has 1 atom stereocenters. The van der Waals surface area contributed by atoms with Crippen LogP contribution in [0.15, 0.2) is 18.2 Å². The Bertz CT molecular complexity index is 672. The van der Waals surface area contributed by atoms with Gasteiger partial charge in [-0.3, -0.25) is 20.4 Å². The second-order valence-electron chi connectivity index (χ2n) is 6.77. The first-order valence-corrected chi connectivity index (χ1v) is 9.42. The van der Waals surface area contributed by atoms with E-state index in [-0.39, 0.29) is 22.8 Å². The van der Waals surface area contributed by atoms with Crippen molar-refractivity contribution in [3.63, 3.8) is 0 Å². The molecular weight excluding hydrogens is 350 g/mol. The lowest BCUT2D eigenvalue weighted by Gasteiger charge is -2.21. The number of aryl methyl sites for hydroxylation is 2. The van der Waals surface area contributed by atoms with Gasteiger partial charge in [0.2, 0.25) is 5.91 Å². The number of ether oxygens (including phenoxy) is 1. The summed E-state index contributed by atoms with van der Waals surface area (Å²) in [5.74, 6) is 0.170. The maximum absolute atomic E-state index is 12.1. The first-order chi connectivity index (χ1) is 12.4. The average molecular weight is 378 g/mol. The lowest BCUT2D eigenvalue weighted by molar-refractivity contribution is -0.128. The summed E-state index contributed by atoms with van der Waals surface area (Å²) in [5, 5.41) is 2.72. The van der Waals surface area contributed by atoms with E-state index in [2.05, 4.69) is 16.2 Å². The summed E-state index contributed by atoms with van der Waals surface area (Å²) in [6.07, 6.45) is 4.40. The lowest BCUT2D eigenvalue weighted by atomic mass is 9.89. The van der Waals surface area contributed by atoms with E-state index >= 15 is 0 Å². The van der Waals surface area contributed by atoms with Crippen LogP contribution < -0.4 is 20.9 Å². The van der Waals surface area contributed by atoms with Crippen molar-refractivity contribution in [3.05, 3.63) is 29.3 Å². The number of carbonyl (C=O) groups excluding carboxylic acids is 2. The first-order valence-electron chi connectivity index (χ1n) is 9.01. The summed E-state index contributed by atoms with van der Waals surface area (Å²) in [5.41, 5.74) is 7.29. The molecule has 0 bridgehead atoms. The lowest BCUT2D eigenvalue weighted by Crippen LogP contribution is -2.52.